The van der Waals surface area contributed by atoms with Crippen molar-refractivity contribution in [2.75, 3.05) is 11.9 Å². The Bertz CT molecular complexity index is 882. The van der Waals surface area contributed by atoms with Gasteiger partial charge in [-0.25, -0.2) is 13.4 Å². The molecular weight excluding hydrogens is 405 g/mol. The number of hydrogen-bond acceptors (Lipinski definition) is 5. The monoisotopic (exact) mass is 421 g/mol. The first-order valence-electron chi connectivity index (χ1n) is 7.30. The van der Waals surface area contributed by atoms with Crippen molar-refractivity contribution < 1.29 is 13.2 Å². The molecule has 0 aliphatic rings. The molecule has 1 N–H and O–H groups in total. The number of carbonyl (C=O) groups excluding carboxylic acids is 1. The number of hydrogen-bond donors (Lipinski definition) is 1. The fourth-order valence-corrected chi connectivity index (χ4v) is 5.09. The van der Waals surface area contributed by atoms with Crippen molar-refractivity contribution in [1.29, 1.82) is 0 Å². The van der Waals surface area contributed by atoms with Crippen molar-refractivity contribution in [2.24, 2.45) is 0 Å². The number of amides is 1. The first-order chi connectivity index (χ1) is 11.6. The van der Waals surface area contributed by atoms with E-state index in [0.29, 0.717) is 5.13 Å². The van der Waals surface area contributed by atoms with Crippen LogP contribution in [0.2, 0.25) is 10.0 Å². The highest BCUT2D eigenvalue weighted by Gasteiger charge is 2.31. The molecule has 1 heterocycles. The molecule has 0 unspecified atom stereocenters. The predicted molar refractivity (Wildman–Crippen MR) is 101 cm³/mol. The van der Waals surface area contributed by atoms with Crippen LogP contribution in [0.5, 0.6) is 0 Å². The summed E-state index contributed by atoms with van der Waals surface area (Å²) in [6.45, 7) is 4.80. The highest BCUT2D eigenvalue weighted by Crippen LogP contribution is 2.28. The third-order valence-corrected chi connectivity index (χ3v) is 6.83. The van der Waals surface area contributed by atoms with Gasteiger partial charge in [-0.1, -0.05) is 23.2 Å². The molecule has 0 saturated heterocycles. The molecule has 0 fully saturated rings. The number of nitrogens with one attached hydrogen (secondary N) is 1. The fourth-order valence-electron chi connectivity index (χ4n) is 2.06. The Morgan fingerprint density at radius 3 is 2.60 bits per heavy atom. The van der Waals surface area contributed by atoms with Gasteiger partial charge in [0, 0.05) is 16.4 Å². The molecular formula is C15H17Cl2N3O3S2. The van der Waals surface area contributed by atoms with Crippen LogP contribution in [0.25, 0.3) is 0 Å². The number of aryl methyl sites for hydroxylation is 1. The van der Waals surface area contributed by atoms with Gasteiger partial charge in [0.05, 0.1) is 17.3 Å². The lowest BCUT2D eigenvalue weighted by atomic mass is 10.4. The standard InChI is InChI=1S/C15H17Cl2N3O3S2/c1-9(2)20(7-14(21)19-15-18-10(3)8-24-15)25(22,23)13-6-11(16)4-5-12(13)17/h4-6,8-9H,7H2,1-3H3,(H,18,19,21). The molecule has 0 spiro atoms. The average Bonchev–Trinajstić information content (AvgIpc) is 2.91. The van der Waals surface area contributed by atoms with Crippen LogP contribution in [-0.4, -0.2) is 36.2 Å². The third kappa shape index (κ3) is 4.92. The minimum atomic E-state index is -4.00. The van der Waals surface area contributed by atoms with Crippen LogP contribution in [0.1, 0.15) is 19.5 Å². The van der Waals surface area contributed by atoms with Gasteiger partial charge in [0.25, 0.3) is 0 Å². The second-order valence-electron chi connectivity index (χ2n) is 5.56. The van der Waals surface area contributed by atoms with Gasteiger partial charge < -0.3 is 5.32 Å². The Hall–Kier alpha value is -1.19. The van der Waals surface area contributed by atoms with E-state index in [4.69, 9.17) is 23.2 Å². The second kappa shape index (κ2) is 8.01. The molecule has 25 heavy (non-hydrogen) atoms. The quantitative estimate of drug-likeness (QED) is 0.768. The van der Waals surface area contributed by atoms with Crippen molar-refractivity contribution in [2.45, 2.75) is 31.7 Å². The van der Waals surface area contributed by atoms with E-state index in [1.807, 2.05) is 0 Å². The fraction of sp³-hybridized carbons (Fsp3) is 0.333. The first-order valence-corrected chi connectivity index (χ1v) is 10.4. The summed E-state index contributed by atoms with van der Waals surface area (Å²) in [5.41, 5.74) is 0.777. The number of nitrogens with zero attached hydrogens (tertiary/aromatic N) is 2. The molecule has 1 aromatic heterocycles. The van der Waals surface area contributed by atoms with Gasteiger partial charge in [0.2, 0.25) is 15.9 Å². The SMILES string of the molecule is Cc1csc(NC(=O)CN(C(C)C)S(=O)(=O)c2cc(Cl)ccc2Cl)n1. The molecule has 0 saturated carbocycles. The smallest absolute Gasteiger partial charge is 0.245 e. The third-order valence-electron chi connectivity index (χ3n) is 3.22. The molecule has 0 bridgehead atoms. The van der Waals surface area contributed by atoms with E-state index in [-0.39, 0.29) is 21.5 Å². The minimum Gasteiger partial charge on any atom is -0.301 e. The van der Waals surface area contributed by atoms with E-state index in [1.54, 1.807) is 26.2 Å². The maximum absolute atomic E-state index is 12.9. The van der Waals surface area contributed by atoms with Crippen LogP contribution in [0.15, 0.2) is 28.5 Å². The Kier molecular flexibility index (Phi) is 6.45. The first kappa shape index (κ1) is 20.1. The van der Waals surface area contributed by atoms with Gasteiger partial charge in [-0.15, -0.1) is 11.3 Å². The maximum atomic E-state index is 12.9. The van der Waals surface area contributed by atoms with Crippen molar-refractivity contribution in [1.82, 2.24) is 9.29 Å². The molecule has 2 aromatic rings. The largest absolute Gasteiger partial charge is 0.301 e. The Morgan fingerprint density at radius 1 is 1.36 bits per heavy atom. The zero-order chi connectivity index (χ0) is 18.8. The number of benzene rings is 1. The molecule has 0 atom stereocenters. The number of sulfonamides is 1. The van der Waals surface area contributed by atoms with Crippen LogP contribution in [0.3, 0.4) is 0 Å². The Labute approximate surface area is 160 Å². The Morgan fingerprint density at radius 2 is 2.04 bits per heavy atom. The molecule has 0 aliphatic heterocycles. The number of halogens is 2. The van der Waals surface area contributed by atoms with Crippen molar-refractivity contribution in [3.63, 3.8) is 0 Å². The van der Waals surface area contributed by atoms with Gasteiger partial charge in [0.1, 0.15) is 4.90 Å². The molecule has 2 rings (SSSR count). The minimum absolute atomic E-state index is 0.0472. The summed E-state index contributed by atoms with van der Waals surface area (Å²) in [5.74, 6) is -0.482. The molecule has 0 aliphatic carbocycles. The van der Waals surface area contributed by atoms with Crippen LogP contribution in [0.4, 0.5) is 5.13 Å². The van der Waals surface area contributed by atoms with E-state index >= 15 is 0 Å². The van der Waals surface area contributed by atoms with Crippen LogP contribution < -0.4 is 5.32 Å². The molecule has 1 aromatic carbocycles. The number of aromatic nitrogens is 1. The molecule has 1 amide bonds. The van der Waals surface area contributed by atoms with Gasteiger partial charge in [0.15, 0.2) is 5.13 Å². The average molecular weight is 422 g/mol. The summed E-state index contributed by atoms with van der Waals surface area (Å²) in [6.07, 6.45) is 0. The van der Waals surface area contributed by atoms with E-state index in [0.717, 1.165) is 10.00 Å². The lowest BCUT2D eigenvalue weighted by Crippen LogP contribution is -2.42. The zero-order valence-corrected chi connectivity index (χ0v) is 16.9. The van der Waals surface area contributed by atoms with Gasteiger partial charge >= 0.3 is 0 Å². The van der Waals surface area contributed by atoms with Crippen LogP contribution in [-0.2, 0) is 14.8 Å². The van der Waals surface area contributed by atoms with Gasteiger partial charge in [-0.05, 0) is 39.0 Å². The molecule has 136 valence electrons. The summed E-state index contributed by atoms with van der Waals surface area (Å²) in [5, 5.41) is 5.10. The van der Waals surface area contributed by atoms with Crippen LogP contribution >= 0.6 is 34.5 Å². The van der Waals surface area contributed by atoms with Crippen molar-refractivity contribution in [3.05, 3.63) is 39.3 Å². The summed E-state index contributed by atoms with van der Waals surface area (Å²) in [6, 6.07) is 3.73. The predicted octanol–water partition coefficient (Wildman–Crippen LogP) is 3.80. The number of thiazole rings is 1. The van der Waals surface area contributed by atoms with E-state index in [9.17, 15) is 13.2 Å². The van der Waals surface area contributed by atoms with E-state index < -0.39 is 22.0 Å². The summed E-state index contributed by atoms with van der Waals surface area (Å²) >= 11 is 13.2. The Balaban J connectivity index is 2.27. The zero-order valence-electron chi connectivity index (χ0n) is 13.8. The molecule has 6 nitrogen and oxygen atoms in total. The highest BCUT2D eigenvalue weighted by atomic mass is 35.5. The van der Waals surface area contributed by atoms with Gasteiger partial charge in [-0.2, -0.15) is 4.31 Å². The van der Waals surface area contributed by atoms with Crippen molar-refractivity contribution in [3.8, 4) is 0 Å². The molecule has 10 heteroatoms. The number of carbonyl (C=O) groups is 1. The van der Waals surface area contributed by atoms with E-state index in [2.05, 4.69) is 10.3 Å². The van der Waals surface area contributed by atoms with Crippen LogP contribution in [0, 0.1) is 6.92 Å². The van der Waals surface area contributed by atoms with E-state index in [1.165, 1.54) is 29.5 Å². The molecule has 0 radical (unpaired) electrons. The second-order valence-corrected chi connectivity index (χ2v) is 9.12. The van der Waals surface area contributed by atoms with Gasteiger partial charge in [-0.3, -0.25) is 4.79 Å². The summed E-state index contributed by atoms with van der Waals surface area (Å²) in [4.78, 5) is 16.3. The highest BCUT2D eigenvalue weighted by molar-refractivity contribution is 7.89. The lowest BCUT2D eigenvalue weighted by molar-refractivity contribution is -0.116. The maximum Gasteiger partial charge on any atom is 0.245 e. The number of anilines is 1. The lowest BCUT2D eigenvalue weighted by Gasteiger charge is -2.25. The summed E-state index contributed by atoms with van der Waals surface area (Å²) < 4.78 is 26.9. The van der Waals surface area contributed by atoms with Crippen molar-refractivity contribution >= 4 is 55.6 Å². The topological polar surface area (TPSA) is 79.4 Å². The normalized spacial score (nSPS) is 12.0. The summed E-state index contributed by atoms with van der Waals surface area (Å²) in [7, 11) is -4.00. The number of rotatable bonds is 6.